The number of nitrogens with two attached hydrogens (primary N) is 1. The first kappa shape index (κ1) is 15.7. The molecule has 0 spiro atoms. The second-order valence-corrected chi connectivity index (χ2v) is 10.2. The molecule has 6 heteroatoms. The normalized spacial score (nSPS) is 41.0. The van der Waals surface area contributed by atoms with Crippen molar-refractivity contribution >= 4 is 27.2 Å². The highest BCUT2D eigenvalue weighted by molar-refractivity contribution is 7.93. The van der Waals surface area contributed by atoms with E-state index in [4.69, 9.17) is 18.0 Å². The van der Waals surface area contributed by atoms with Gasteiger partial charge in [-0.15, -0.1) is 0 Å². The predicted molar refractivity (Wildman–Crippen MR) is 88.4 cm³/mol. The Labute approximate surface area is 133 Å². The number of hydrogen-bond acceptors (Lipinski definition) is 3. The highest BCUT2D eigenvalue weighted by atomic mass is 32.2. The molecule has 4 bridgehead atoms. The molecule has 0 aromatic carbocycles. The summed E-state index contributed by atoms with van der Waals surface area (Å²) in [5.41, 5.74) is 5.68. The first-order valence-corrected chi connectivity index (χ1v) is 9.98. The van der Waals surface area contributed by atoms with Crippen molar-refractivity contribution in [3.63, 3.8) is 0 Å². The Morgan fingerprint density at radius 3 is 1.95 bits per heavy atom. The second-order valence-electron chi connectivity index (χ2n) is 7.71. The molecule has 4 aliphatic carbocycles. The van der Waals surface area contributed by atoms with Gasteiger partial charge >= 0.3 is 0 Å². The van der Waals surface area contributed by atoms with E-state index in [-0.39, 0.29) is 16.4 Å². The molecular formula is C15H26N2O2S2. The van der Waals surface area contributed by atoms with Gasteiger partial charge in [-0.1, -0.05) is 12.2 Å². The summed E-state index contributed by atoms with van der Waals surface area (Å²) in [4.78, 5) is 0.0419. The average Bonchev–Trinajstić information content (AvgIpc) is 2.35. The summed E-state index contributed by atoms with van der Waals surface area (Å²) in [7, 11) is -3.47. The molecule has 0 aromatic rings. The molecule has 0 saturated heterocycles. The topological polar surface area (TPSA) is 72.2 Å². The van der Waals surface area contributed by atoms with E-state index >= 15 is 0 Å². The van der Waals surface area contributed by atoms with Crippen LogP contribution in [0.4, 0.5) is 0 Å². The minimum absolute atomic E-state index is 0.0206. The molecule has 4 nitrogen and oxygen atoms in total. The van der Waals surface area contributed by atoms with Crippen LogP contribution in [0.15, 0.2) is 0 Å². The second kappa shape index (κ2) is 5.17. The lowest BCUT2D eigenvalue weighted by atomic mass is 9.48. The highest BCUT2D eigenvalue weighted by Crippen LogP contribution is 2.61. The zero-order valence-corrected chi connectivity index (χ0v) is 14.5. The van der Waals surface area contributed by atoms with Crippen molar-refractivity contribution < 1.29 is 8.42 Å². The van der Waals surface area contributed by atoms with Gasteiger partial charge in [0.1, 0.15) is 5.25 Å². The van der Waals surface area contributed by atoms with E-state index in [9.17, 15) is 8.42 Å². The zero-order valence-electron chi connectivity index (χ0n) is 12.8. The van der Waals surface area contributed by atoms with Gasteiger partial charge < -0.3 is 5.73 Å². The molecule has 2 atom stereocenters. The average molecular weight is 331 g/mol. The Balaban J connectivity index is 1.76. The minimum Gasteiger partial charge on any atom is -0.392 e. The molecule has 0 radical (unpaired) electrons. The fourth-order valence-electron chi connectivity index (χ4n) is 5.33. The monoisotopic (exact) mass is 330 g/mol. The lowest BCUT2D eigenvalue weighted by Gasteiger charge is -2.59. The lowest BCUT2D eigenvalue weighted by Crippen LogP contribution is -2.57. The predicted octanol–water partition coefficient (Wildman–Crippen LogP) is 2.19. The van der Waals surface area contributed by atoms with E-state index in [1.54, 1.807) is 6.92 Å². The van der Waals surface area contributed by atoms with E-state index in [1.165, 1.54) is 38.5 Å². The van der Waals surface area contributed by atoms with Crippen LogP contribution < -0.4 is 10.5 Å². The molecule has 4 rings (SSSR count). The summed E-state index contributed by atoms with van der Waals surface area (Å²) in [6.07, 6.45) is 7.64. The van der Waals surface area contributed by atoms with Gasteiger partial charge in [0, 0.05) is 6.04 Å². The van der Waals surface area contributed by atoms with Gasteiger partial charge in [-0.25, -0.2) is 13.1 Å². The maximum absolute atomic E-state index is 12.4. The van der Waals surface area contributed by atoms with Crippen molar-refractivity contribution in [3.05, 3.63) is 0 Å². The first-order valence-electron chi connectivity index (χ1n) is 8.02. The maximum atomic E-state index is 12.4. The fraction of sp³-hybridized carbons (Fsp3) is 0.933. The Kier molecular flexibility index (Phi) is 3.86. The smallest absolute Gasteiger partial charge is 0.220 e. The molecule has 120 valence electrons. The standard InChI is InChI=1S/C15H26N2O2S2/c1-9(14(16)20)21(18,19)17-10(2)15-6-11-3-12(7-15)5-13(4-11)8-15/h9-13,17H,3-8H2,1-2H3,(H2,16,20). The van der Waals surface area contributed by atoms with Gasteiger partial charge in [0.05, 0.1) is 4.99 Å². The van der Waals surface area contributed by atoms with Crippen LogP contribution in [0.1, 0.15) is 52.4 Å². The van der Waals surface area contributed by atoms with E-state index < -0.39 is 15.3 Å². The highest BCUT2D eigenvalue weighted by Gasteiger charge is 2.53. The van der Waals surface area contributed by atoms with Crippen LogP contribution >= 0.6 is 12.2 Å². The van der Waals surface area contributed by atoms with Gasteiger partial charge in [-0.05, 0) is 75.5 Å². The summed E-state index contributed by atoms with van der Waals surface area (Å²) >= 11 is 4.85. The number of rotatable bonds is 5. The number of thiocarbonyl (C=S) groups is 1. The summed E-state index contributed by atoms with van der Waals surface area (Å²) in [5, 5.41) is -0.802. The van der Waals surface area contributed by atoms with Crippen LogP contribution in [0.2, 0.25) is 0 Å². The molecule has 0 aromatic heterocycles. The van der Waals surface area contributed by atoms with Crippen molar-refractivity contribution in [2.24, 2.45) is 28.9 Å². The van der Waals surface area contributed by atoms with Crippen LogP contribution in [0.25, 0.3) is 0 Å². The van der Waals surface area contributed by atoms with Crippen molar-refractivity contribution in [1.29, 1.82) is 0 Å². The Morgan fingerprint density at radius 1 is 1.14 bits per heavy atom. The van der Waals surface area contributed by atoms with Crippen molar-refractivity contribution in [2.75, 3.05) is 0 Å². The van der Waals surface area contributed by atoms with Crippen LogP contribution in [0, 0.1) is 23.2 Å². The molecule has 21 heavy (non-hydrogen) atoms. The fourth-order valence-corrected chi connectivity index (χ4v) is 6.97. The van der Waals surface area contributed by atoms with Crippen LogP contribution in [-0.4, -0.2) is 24.7 Å². The molecule has 0 heterocycles. The molecular weight excluding hydrogens is 304 g/mol. The zero-order chi connectivity index (χ0) is 15.4. The summed E-state index contributed by atoms with van der Waals surface area (Å²) in [6, 6.07) is -0.0206. The van der Waals surface area contributed by atoms with Gasteiger partial charge in [0.25, 0.3) is 0 Å². The van der Waals surface area contributed by atoms with E-state index in [2.05, 4.69) is 4.72 Å². The molecule has 3 N–H and O–H groups in total. The molecule has 0 aliphatic heterocycles. The Hall–Kier alpha value is -0.200. The molecule has 4 aliphatic rings. The van der Waals surface area contributed by atoms with Crippen LogP contribution in [0.5, 0.6) is 0 Å². The van der Waals surface area contributed by atoms with Gasteiger partial charge in [0.15, 0.2) is 0 Å². The summed E-state index contributed by atoms with van der Waals surface area (Å²) < 4.78 is 27.7. The summed E-state index contributed by atoms with van der Waals surface area (Å²) in [6.45, 7) is 3.61. The van der Waals surface area contributed by atoms with Crippen LogP contribution in [-0.2, 0) is 10.0 Å². The number of hydrogen-bond donors (Lipinski definition) is 2. The van der Waals surface area contributed by atoms with Crippen molar-refractivity contribution in [1.82, 2.24) is 4.72 Å². The third-order valence-corrected chi connectivity index (χ3v) is 8.58. The van der Waals surface area contributed by atoms with Gasteiger partial charge in [-0.2, -0.15) is 0 Å². The third-order valence-electron chi connectivity index (χ3n) is 6.21. The minimum atomic E-state index is -3.47. The van der Waals surface area contributed by atoms with E-state index in [1.807, 2.05) is 6.92 Å². The first-order chi connectivity index (χ1) is 9.72. The quantitative estimate of drug-likeness (QED) is 0.758. The Morgan fingerprint density at radius 2 is 1.57 bits per heavy atom. The largest absolute Gasteiger partial charge is 0.392 e. The molecule has 4 saturated carbocycles. The number of sulfonamides is 1. The van der Waals surface area contributed by atoms with Gasteiger partial charge in [0.2, 0.25) is 10.0 Å². The maximum Gasteiger partial charge on any atom is 0.220 e. The molecule has 0 amide bonds. The summed E-state index contributed by atoms with van der Waals surface area (Å²) in [5.74, 6) is 2.45. The molecule has 4 fully saturated rings. The van der Waals surface area contributed by atoms with E-state index in [0.717, 1.165) is 17.8 Å². The van der Waals surface area contributed by atoms with E-state index in [0.29, 0.717) is 0 Å². The SMILES string of the molecule is CC(NS(=O)(=O)C(C)C(N)=S)C12CC3CC(CC(C3)C1)C2. The van der Waals surface area contributed by atoms with Crippen LogP contribution in [0.3, 0.4) is 0 Å². The number of nitrogens with one attached hydrogen (secondary N) is 1. The van der Waals surface area contributed by atoms with Gasteiger partial charge in [-0.3, -0.25) is 0 Å². The van der Waals surface area contributed by atoms with Crippen molar-refractivity contribution in [3.8, 4) is 0 Å². The lowest BCUT2D eigenvalue weighted by molar-refractivity contribution is -0.0666. The van der Waals surface area contributed by atoms with Crippen molar-refractivity contribution in [2.45, 2.75) is 63.7 Å². The molecule has 2 unspecified atom stereocenters. The third kappa shape index (κ3) is 2.75. The Bertz CT molecular complexity index is 509.